The summed E-state index contributed by atoms with van der Waals surface area (Å²) in [4.78, 5) is 27.5. The van der Waals surface area contributed by atoms with Crippen molar-refractivity contribution in [3.63, 3.8) is 0 Å². The number of carbonyl (C=O) groups is 2. The third kappa shape index (κ3) is 28.8. The first-order valence-electron chi connectivity index (χ1n) is 14.9. The van der Waals surface area contributed by atoms with Crippen LogP contribution >= 0.6 is 68.5 Å². The van der Waals surface area contributed by atoms with Crippen LogP contribution in [0.3, 0.4) is 0 Å². The van der Waals surface area contributed by atoms with E-state index in [2.05, 4.69) is 42.8 Å². The molecule has 0 aromatic carbocycles. The van der Waals surface area contributed by atoms with Crippen LogP contribution in [0.4, 0.5) is 0 Å². The molecule has 4 aromatic heterocycles. The Labute approximate surface area is 303 Å². The molecular formula is C35H54Cl2O5S4. The summed E-state index contributed by atoms with van der Waals surface area (Å²) in [5, 5.41) is 28.4. The predicted molar refractivity (Wildman–Crippen MR) is 208 cm³/mol. The highest BCUT2D eigenvalue weighted by molar-refractivity contribution is 7.14. The Morgan fingerprint density at radius 3 is 1.24 bits per heavy atom. The van der Waals surface area contributed by atoms with Crippen LogP contribution in [0.15, 0.2) is 59.3 Å². The molecule has 4 rings (SSSR count). The van der Waals surface area contributed by atoms with E-state index in [0.29, 0.717) is 6.61 Å². The molecule has 0 bridgehead atoms. The van der Waals surface area contributed by atoms with Crippen molar-refractivity contribution in [2.45, 2.75) is 85.5 Å². The van der Waals surface area contributed by atoms with Crippen molar-refractivity contribution in [2.24, 2.45) is 0 Å². The Balaban J connectivity index is -0.000000509. The van der Waals surface area contributed by atoms with Gasteiger partial charge in [-0.3, -0.25) is 9.59 Å². The average Bonchev–Trinajstić information content (AvgIpc) is 3.91. The lowest BCUT2D eigenvalue weighted by molar-refractivity contribution is 0.111. The van der Waals surface area contributed by atoms with E-state index in [-0.39, 0.29) is 19.4 Å². The van der Waals surface area contributed by atoms with Crippen LogP contribution in [-0.2, 0) is 25.7 Å². The van der Waals surface area contributed by atoms with Crippen molar-refractivity contribution in [3.05, 3.63) is 88.6 Å². The molecule has 46 heavy (non-hydrogen) atoms. The molecule has 0 spiro atoms. The molecule has 0 unspecified atom stereocenters. The summed E-state index contributed by atoms with van der Waals surface area (Å²) in [6.07, 6.45) is 12.8. The second-order valence-corrected chi connectivity index (χ2v) is 14.2. The van der Waals surface area contributed by atoms with Gasteiger partial charge in [0.05, 0.1) is 15.1 Å². The van der Waals surface area contributed by atoms with E-state index in [1.807, 2.05) is 41.7 Å². The van der Waals surface area contributed by atoms with E-state index < -0.39 is 0 Å². The van der Waals surface area contributed by atoms with Gasteiger partial charge in [0.15, 0.2) is 12.6 Å². The highest BCUT2D eigenvalue weighted by atomic mass is 35.5. The molecule has 0 aliphatic heterocycles. The van der Waals surface area contributed by atoms with Gasteiger partial charge in [-0.2, -0.15) is 0 Å². The number of hydrogen-bond donors (Lipinski definition) is 3. The number of unbranched alkanes of at least 4 members (excludes halogenated alkanes) is 2. The zero-order valence-corrected chi connectivity index (χ0v) is 31.4. The lowest BCUT2D eigenvalue weighted by atomic mass is 10.2. The fourth-order valence-corrected chi connectivity index (χ4v) is 6.54. The quantitative estimate of drug-likeness (QED) is 0.0880. The highest BCUT2D eigenvalue weighted by Gasteiger charge is 1.98. The van der Waals surface area contributed by atoms with E-state index in [1.165, 1.54) is 62.9 Å². The first-order chi connectivity index (χ1) is 22.0. The van der Waals surface area contributed by atoms with Crippen LogP contribution < -0.4 is 0 Å². The molecule has 0 saturated heterocycles. The first-order valence-corrected chi connectivity index (χ1v) is 19.4. The second kappa shape index (κ2) is 38.1. The van der Waals surface area contributed by atoms with Gasteiger partial charge in [0.25, 0.3) is 0 Å². The van der Waals surface area contributed by atoms with Crippen LogP contribution in [0.2, 0.25) is 0 Å². The predicted octanol–water partition coefficient (Wildman–Crippen LogP) is 10.8. The van der Waals surface area contributed by atoms with E-state index in [0.717, 1.165) is 61.5 Å². The van der Waals surface area contributed by atoms with Crippen molar-refractivity contribution in [1.29, 1.82) is 0 Å². The van der Waals surface area contributed by atoms with Gasteiger partial charge in [-0.25, -0.2) is 0 Å². The van der Waals surface area contributed by atoms with E-state index in [9.17, 15) is 9.59 Å². The molecule has 0 aliphatic rings. The lowest BCUT2D eigenvalue weighted by Gasteiger charge is -1.90. The Morgan fingerprint density at radius 1 is 0.609 bits per heavy atom. The van der Waals surface area contributed by atoms with Gasteiger partial charge in [0.2, 0.25) is 0 Å². The van der Waals surface area contributed by atoms with Gasteiger partial charge < -0.3 is 15.3 Å². The van der Waals surface area contributed by atoms with Crippen LogP contribution in [0.25, 0.3) is 0 Å². The number of thiophene rings is 4. The Bertz CT molecular complexity index is 1040. The number of carbonyl (C=O) groups excluding carboxylic acids is 2. The van der Waals surface area contributed by atoms with Crippen molar-refractivity contribution in [2.75, 3.05) is 25.7 Å². The fraction of sp³-hybridized carbons (Fsp3) is 0.486. The molecule has 4 heterocycles. The van der Waals surface area contributed by atoms with Crippen LogP contribution in [0.1, 0.15) is 98.7 Å². The number of rotatable bonds is 14. The third-order valence-corrected chi connectivity index (χ3v) is 9.49. The van der Waals surface area contributed by atoms with E-state index in [1.54, 1.807) is 22.7 Å². The molecule has 0 fully saturated rings. The minimum absolute atomic E-state index is 0. The summed E-state index contributed by atoms with van der Waals surface area (Å²) in [6, 6.07) is 16.1. The van der Waals surface area contributed by atoms with Crippen molar-refractivity contribution in [1.82, 2.24) is 0 Å². The minimum Gasteiger partial charge on any atom is -0.400 e. The summed E-state index contributed by atoms with van der Waals surface area (Å²) in [5.74, 6) is 0. The third-order valence-electron chi connectivity index (χ3n) is 5.47. The molecule has 0 saturated carbocycles. The molecule has 4 aromatic rings. The zero-order valence-electron chi connectivity index (χ0n) is 26.7. The van der Waals surface area contributed by atoms with Gasteiger partial charge in [0, 0.05) is 39.8 Å². The van der Waals surface area contributed by atoms with E-state index in [4.69, 9.17) is 38.5 Å². The average molecular weight is 754 g/mol. The summed E-state index contributed by atoms with van der Waals surface area (Å²) in [7, 11) is 1.00. The molecule has 262 valence electrons. The lowest BCUT2D eigenvalue weighted by Crippen LogP contribution is -1.84. The second-order valence-electron chi connectivity index (χ2n) is 8.97. The van der Waals surface area contributed by atoms with Crippen LogP contribution in [0, 0.1) is 0 Å². The smallest absolute Gasteiger partial charge is 0.160 e. The molecule has 3 N–H and O–H groups in total. The normalized spacial score (nSPS) is 9.13. The number of aryl methyl sites for hydroxylation is 4. The molecular weight excluding hydrogens is 700 g/mol. The van der Waals surface area contributed by atoms with Gasteiger partial charge >= 0.3 is 0 Å². The first kappa shape index (κ1) is 49.0. The van der Waals surface area contributed by atoms with Gasteiger partial charge in [-0.05, 0) is 98.5 Å². The summed E-state index contributed by atoms with van der Waals surface area (Å²) < 4.78 is 0. The molecule has 5 nitrogen and oxygen atoms in total. The topological polar surface area (TPSA) is 94.8 Å². The standard InChI is InChI=1S/C9H12OS.C8H10O2S.C8H12S.C7H10OS.CH2Cl2.CH4O.CH4/c1-2-3-4-8-5-6-9(7-10)11-8;9-5-1-2-7-3-4-8(6-10)11-7;1-2-3-5-8-6-4-7-9-8;8-5-1-3-7-4-2-6-9-7;2-1-3;1-2;/h5-7H,2-4H2,1H3;3-4,6,9H,1-2,5H2;4,6-7H,2-3,5H2,1H3;2,4,6,8H,1,3,5H2;1H2;2H,1H3;1H4. The number of aliphatic hydroxyl groups excluding tert-OH is 3. The maximum absolute atomic E-state index is 10.3. The minimum atomic E-state index is 0. The van der Waals surface area contributed by atoms with E-state index >= 15 is 0 Å². The number of alkyl halides is 2. The number of hydrogen-bond acceptors (Lipinski definition) is 9. The molecule has 0 amide bonds. The summed E-state index contributed by atoms with van der Waals surface area (Å²) in [6.45, 7) is 4.92. The number of aliphatic hydroxyl groups is 3. The van der Waals surface area contributed by atoms with Gasteiger partial charge in [-0.1, -0.05) is 46.2 Å². The Kier molecular flexibility index (Phi) is 40.5. The SMILES string of the molecule is C.CCCCc1ccc(C=O)s1.CCCCc1cccs1.CO.ClCCl.O=Cc1ccc(CCCO)s1.OCCCc1cccs1. The Hall–Kier alpha value is -1.40. The maximum Gasteiger partial charge on any atom is 0.160 e. The van der Waals surface area contributed by atoms with Crippen molar-refractivity contribution >= 4 is 81.1 Å². The molecule has 0 radical (unpaired) electrons. The molecule has 0 aliphatic carbocycles. The number of halogens is 2. The van der Waals surface area contributed by atoms with Gasteiger partial charge in [-0.15, -0.1) is 68.5 Å². The van der Waals surface area contributed by atoms with Crippen molar-refractivity contribution < 1.29 is 24.9 Å². The zero-order chi connectivity index (χ0) is 34.0. The van der Waals surface area contributed by atoms with Crippen LogP contribution in [-0.4, -0.2) is 53.6 Å². The number of aldehydes is 2. The monoisotopic (exact) mass is 752 g/mol. The Morgan fingerprint density at radius 2 is 0.957 bits per heavy atom. The summed E-state index contributed by atoms with van der Waals surface area (Å²) in [5.41, 5.74) is 0. The van der Waals surface area contributed by atoms with Crippen molar-refractivity contribution in [3.8, 4) is 0 Å². The summed E-state index contributed by atoms with van der Waals surface area (Å²) >= 11 is 16.2. The molecule has 11 heteroatoms. The fourth-order valence-electron chi connectivity index (χ4n) is 3.30. The van der Waals surface area contributed by atoms with Crippen LogP contribution in [0.5, 0.6) is 0 Å². The maximum atomic E-state index is 10.3. The highest BCUT2D eigenvalue weighted by Crippen LogP contribution is 2.17. The molecule has 0 atom stereocenters. The van der Waals surface area contributed by atoms with Gasteiger partial charge in [0.1, 0.15) is 0 Å². The largest absolute Gasteiger partial charge is 0.400 e.